The van der Waals surface area contributed by atoms with Crippen molar-refractivity contribution in [1.29, 1.82) is 5.26 Å². The van der Waals surface area contributed by atoms with Crippen molar-refractivity contribution in [2.45, 2.75) is 86.7 Å². The summed E-state index contributed by atoms with van der Waals surface area (Å²) in [7, 11) is 0. The average Bonchev–Trinajstić information content (AvgIpc) is 3.30. The van der Waals surface area contributed by atoms with Crippen LogP contribution in [0, 0.1) is 34.0 Å². The predicted molar refractivity (Wildman–Crippen MR) is 156 cm³/mol. The van der Waals surface area contributed by atoms with E-state index in [2.05, 4.69) is 51.3 Å². The topological polar surface area (TPSA) is 123 Å². The maximum atomic E-state index is 13.1. The van der Waals surface area contributed by atoms with Gasteiger partial charge in [-0.2, -0.15) is 5.26 Å². The van der Waals surface area contributed by atoms with Gasteiger partial charge in [-0.05, 0) is 56.6 Å². The van der Waals surface area contributed by atoms with E-state index in [9.17, 15) is 24.4 Å². The van der Waals surface area contributed by atoms with Crippen molar-refractivity contribution in [3.8, 4) is 6.07 Å². The van der Waals surface area contributed by atoms with Crippen LogP contribution in [0.3, 0.4) is 0 Å². The average molecular weight is 554 g/mol. The zero-order valence-electron chi connectivity index (χ0n) is 25.4. The van der Waals surface area contributed by atoms with E-state index in [1.54, 1.807) is 26.0 Å². The van der Waals surface area contributed by atoms with Crippen LogP contribution in [0.15, 0.2) is 30.3 Å². The van der Waals surface area contributed by atoms with Crippen LogP contribution in [-0.2, 0) is 19.2 Å². The monoisotopic (exact) mass is 553 g/mol. The Morgan fingerprint density at radius 3 is 2.15 bits per heavy atom. The van der Waals surface area contributed by atoms with Gasteiger partial charge < -0.3 is 20.4 Å². The molecule has 220 valence electrons. The van der Waals surface area contributed by atoms with Gasteiger partial charge in [-0.15, -0.1) is 0 Å². The van der Waals surface area contributed by atoms with E-state index in [1.165, 1.54) is 9.80 Å². The number of likely N-dealkylation sites (N-methyl/N-ethyl adjacent to an activating group) is 1. The second kappa shape index (κ2) is 13.8. The molecule has 1 saturated carbocycles. The summed E-state index contributed by atoms with van der Waals surface area (Å²) in [5, 5.41) is 15.2. The maximum absolute atomic E-state index is 13.1. The first-order valence-corrected chi connectivity index (χ1v) is 14.3. The highest BCUT2D eigenvalue weighted by Crippen LogP contribution is 2.53. The van der Waals surface area contributed by atoms with Crippen molar-refractivity contribution in [2.24, 2.45) is 22.7 Å². The van der Waals surface area contributed by atoms with Gasteiger partial charge in [0.05, 0.1) is 18.5 Å². The van der Waals surface area contributed by atoms with E-state index in [0.717, 1.165) is 18.8 Å². The molecule has 9 heteroatoms. The Hall–Kier alpha value is -3.41. The van der Waals surface area contributed by atoms with Crippen LogP contribution in [0.25, 0.3) is 0 Å². The van der Waals surface area contributed by atoms with Gasteiger partial charge in [-0.3, -0.25) is 19.2 Å². The fourth-order valence-corrected chi connectivity index (χ4v) is 5.72. The number of carbonyl (C=O) groups is 4. The number of likely N-dealkylation sites (tertiary alicyclic amines) is 1. The Bertz CT molecular complexity index is 1080. The number of benzene rings is 1. The molecule has 1 aromatic rings. The molecule has 3 atom stereocenters. The van der Waals surface area contributed by atoms with Gasteiger partial charge in [0, 0.05) is 24.2 Å². The second-order valence-corrected chi connectivity index (χ2v) is 12.8. The number of amides is 4. The van der Waals surface area contributed by atoms with Crippen molar-refractivity contribution in [3.05, 3.63) is 30.3 Å². The zero-order chi connectivity index (χ0) is 30.3. The molecular weight excluding hydrogens is 506 g/mol. The Kier molecular flexibility index (Phi) is 11.3. The first-order valence-electron chi connectivity index (χ1n) is 14.3. The molecule has 4 amide bonds. The minimum absolute atomic E-state index is 0.113. The van der Waals surface area contributed by atoms with Gasteiger partial charge in [0.15, 0.2) is 0 Å². The number of anilines is 1. The number of para-hydroxylation sites is 1. The van der Waals surface area contributed by atoms with E-state index in [1.807, 2.05) is 25.1 Å². The molecule has 1 aromatic carbocycles. The van der Waals surface area contributed by atoms with E-state index in [-0.39, 0.29) is 49.2 Å². The molecular formula is C31H47N5O4. The van der Waals surface area contributed by atoms with Gasteiger partial charge >= 0.3 is 0 Å². The minimum atomic E-state index is -0.777. The number of hydrogen-bond donors (Lipinski definition) is 2. The Balaban J connectivity index is 0.00000131. The molecule has 0 aromatic heterocycles. The number of nitriles is 1. The summed E-state index contributed by atoms with van der Waals surface area (Å²) in [5.41, 5.74) is 0.277. The molecule has 0 spiro atoms. The van der Waals surface area contributed by atoms with Gasteiger partial charge in [-0.25, -0.2) is 0 Å². The van der Waals surface area contributed by atoms with Crippen LogP contribution in [-0.4, -0.2) is 65.1 Å². The molecule has 2 fully saturated rings. The Morgan fingerprint density at radius 1 is 1.07 bits per heavy atom. The summed E-state index contributed by atoms with van der Waals surface area (Å²) in [4.78, 5) is 54.4. The molecule has 3 unspecified atom stereocenters. The third-order valence-electron chi connectivity index (χ3n) is 7.21. The van der Waals surface area contributed by atoms with Crippen molar-refractivity contribution < 1.29 is 19.2 Å². The number of hydrogen-bond acceptors (Lipinski definition) is 5. The zero-order valence-corrected chi connectivity index (χ0v) is 25.4. The molecule has 1 saturated heterocycles. The minimum Gasteiger partial charge on any atom is -0.344 e. The van der Waals surface area contributed by atoms with Crippen molar-refractivity contribution in [2.75, 3.05) is 25.0 Å². The predicted octanol–water partition coefficient (Wildman–Crippen LogP) is 4.21. The second-order valence-electron chi connectivity index (χ2n) is 12.8. The lowest BCUT2D eigenvalue weighted by Crippen LogP contribution is -2.56. The SMILES string of the molecule is CC(C)C.CCN(CC(=O)N1CC(C(=O)Nc2ccccc2)CC1C#N)C(=O)C(C)NC(=O)C1(C)CC(C)(C)C1. The Labute approximate surface area is 239 Å². The van der Waals surface area contributed by atoms with Crippen molar-refractivity contribution in [3.63, 3.8) is 0 Å². The molecule has 1 heterocycles. The summed E-state index contributed by atoms with van der Waals surface area (Å²) < 4.78 is 0. The first-order chi connectivity index (χ1) is 18.6. The summed E-state index contributed by atoms with van der Waals surface area (Å²) >= 11 is 0. The molecule has 1 aliphatic heterocycles. The van der Waals surface area contributed by atoms with Crippen molar-refractivity contribution in [1.82, 2.24) is 15.1 Å². The molecule has 2 aliphatic rings. The third-order valence-corrected chi connectivity index (χ3v) is 7.21. The van der Waals surface area contributed by atoms with Crippen LogP contribution >= 0.6 is 0 Å². The molecule has 0 radical (unpaired) electrons. The number of rotatable bonds is 8. The number of nitrogens with zero attached hydrogens (tertiary/aromatic N) is 3. The van der Waals surface area contributed by atoms with E-state index in [4.69, 9.17) is 0 Å². The quantitative estimate of drug-likeness (QED) is 0.499. The van der Waals surface area contributed by atoms with Crippen molar-refractivity contribution >= 4 is 29.3 Å². The largest absolute Gasteiger partial charge is 0.344 e. The van der Waals surface area contributed by atoms with E-state index >= 15 is 0 Å². The lowest BCUT2D eigenvalue weighted by atomic mass is 9.55. The fraction of sp³-hybridized carbons (Fsp3) is 0.645. The molecule has 1 aliphatic carbocycles. The lowest BCUT2D eigenvalue weighted by molar-refractivity contribution is -0.147. The fourth-order valence-electron chi connectivity index (χ4n) is 5.72. The standard InChI is InChI=1S/C27H37N5O4.C4H10/c1-6-31(24(35)18(2)29-25(36)27(5)16-26(3,4)17-27)15-22(33)32-14-19(12-21(32)13-28)23(34)30-20-10-8-7-9-11-20;1-4(2)3/h7-11,18-19,21H,6,12,14-17H2,1-5H3,(H,29,36)(H,30,34);4H,1-3H3. The van der Waals surface area contributed by atoms with Gasteiger partial charge in [0.25, 0.3) is 0 Å². The first kappa shape index (κ1) is 32.8. The third kappa shape index (κ3) is 8.80. The summed E-state index contributed by atoms with van der Waals surface area (Å²) in [5.74, 6) is -0.827. The molecule has 2 N–H and O–H groups in total. The summed E-state index contributed by atoms with van der Waals surface area (Å²) in [6.45, 7) is 16.2. The van der Waals surface area contributed by atoms with Crippen LogP contribution in [0.1, 0.15) is 74.7 Å². The van der Waals surface area contributed by atoms with Gasteiger partial charge in [0.1, 0.15) is 12.1 Å². The number of nitrogens with one attached hydrogen (secondary N) is 2. The Morgan fingerprint density at radius 2 is 1.65 bits per heavy atom. The highest BCUT2D eigenvalue weighted by molar-refractivity contribution is 5.95. The summed E-state index contributed by atoms with van der Waals surface area (Å²) in [6, 6.07) is 9.61. The van der Waals surface area contributed by atoms with E-state index in [0.29, 0.717) is 5.69 Å². The normalized spacial score (nSPS) is 21.1. The van der Waals surface area contributed by atoms with Crippen LogP contribution < -0.4 is 10.6 Å². The molecule has 3 rings (SSSR count). The van der Waals surface area contributed by atoms with Gasteiger partial charge in [0.2, 0.25) is 23.6 Å². The van der Waals surface area contributed by atoms with Crippen LogP contribution in [0.2, 0.25) is 0 Å². The molecule has 40 heavy (non-hydrogen) atoms. The number of carbonyl (C=O) groups excluding carboxylic acids is 4. The molecule has 0 bridgehead atoms. The van der Waals surface area contributed by atoms with Gasteiger partial charge in [-0.1, -0.05) is 59.7 Å². The van der Waals surface area contributed by atoms with E-state index < -0.39 is 29.3 Å². The summed E-state index contributed by atoms with van der Waals surface area (Å²) in [6.07, 6.45) is 1.75. The van der Waals surface area contributed by atoms with Crippen LogP contribution in [0.5, 0.6) is 0 Å². The lowest BCUT2D eigenvalue weighted by Gasteiger charge is -2.50. The maximum Gasteiger partial charge on any atom is 0.245 e. The smallest absolute Gasteiger partial charge is 0.245 e. The van der Waals surface area contributed by atoms with Crippen LogP contribution in [0.4, 0.5) is 5.69 Å². The highest BCUT2D eigenvalue weighted by Gasteiger charge is 2.51. The molecule has 9 nitrogen and oxygen atoms in total. The highest BCUT2D eigenvalue weighted by atomic mass is 16.2.